The number of hydrogen-bond acceptors (Lipinski definition) is 4. The van der Waals surface area contributed by atoms with Gasteiger partial charge in [-0.05, 0) is 39.7 Å². The molecule has 2 amide bonds. The Morgan fingerprint density at radius 1 is 1.08 bits per heavy atom. The third kappa shape index (κ3) is 5.96. The molecule has 0 saturated carbocycles. The summed E-state index contributed by atoms with van der Waals surface area (Å²) in [5.41, 5.74) is 0.428. The molecule has 1 aromatic rings. The maximum Gasteiger partial charge on any atom is 0.410 e. The summed E-state index contributed by atoms with van der Waals surface area (Å²) >= 11 is 0. The van der Waals surface area contributed by atoms with Crippen molar-refractivity contribution in [1.29, 1.82) is 0 Å². The van der Waals surface area contributed by atoms with Crippen LogP contribution in [0.3, 0.4) is 0 Å². The zero-order valence-electron chi connectivity index (χ0n) is 15.5. The minimum atomic E-state index is -0.524. The molecule has 0 unspecified atom stereocenters. The molecule has 138 valence electrons. The van der Waals surface area contributed by atoms with Gasteiger partial charge in [-0.2, -0.15) is 0 Å². The van der Waals surface area contributed by atoms with Gasteiger partial charge in [-0.15, -0.1) is 0 Å². The first-order chi connectivity index (χ1) is 11.8. The van der Waals surface area contributed by atoms with Crippen molar-refractivity contribution in [3.8, 4) is 0 Å². The van der Waals surface area contributed by atoms with E-state index >= 15 is 0 Å². The Labute approximate surface area is 149 Å². The van der Waals surface area contributed by atoms with Crippen LogP contribution < -0.4 is 0 Å². The molecule has 1 heterocycles. The smallest absolute Gasteiger partial charge is 0.410 e. The van der Waals surface area contributed by atoms with Gasteiger partial charge in [-0.1, -0.05) is 30.3 Å². The van der Waals surface area contributed by atoms with Crippen LogP contribution >= 0.6 is 0 Å². The van der Waals surface area contributed by atoms with Crippen molar-refractivity contribution < 1.29 is 19.1 Å². The second-order valence-electron chi connectivity index (χ2n) is 7.34. The van der Waals surface area contributed by atoms with Crippen molar-refractivity contribution in [2.45, 2.75) is 52.4 Å². The molecule has 1 aromatic carbocycles. The van der Waals surface area contributed by atoms with Crippen LogP contribution in [0.4, 0.5) is 9.59 Å². The standard InChI is InChI=1S/C19H28N2O4/c1-15-10-11-20(17(22)25-19(2,3)4)12-13-21(15)18(23)24-14-16-8-6-5-7-9-16/h5-9,15H,10-14H2,1-4H3/t15-/m1/s1. The summed E-state index contributed by atoms with van der Waals surface area (Å²) in [6, 6.07) is 9.60. The average Bonchev–Trinajstić information content (AvgIpc) is 2.74. The summed E-state index contributed by atoms with van der Waals surface area (Å²) in [4.78, 5) is 28.0. The van der Waals surface area contributed by atoms with Crippen LogP contribution in [-0.4, -0.2) is 53.3 Å². The lowest BCUT2D eigenvalue weighted by atomic mass is 10.2. The molecule has 6 nitrogen and oxygen atoms in total. The monoisotopic (exact) mass is 348 g/mol. The van der Waals surface area contributed by atoms with Crippen LogP contribution in [0, 0.1) is 0 Å². The Kier molecular flexibility index (Phi) is 6.28. The minimum absolute atomic E-state index is 0.00992. The topological polar surface area (TPSA) is 59.1 Å². The van der Waals surface area contributed by atoms with Gasteiger partial charge in [0.1, 0.15) is 12.2 Å². The summed E-state index contributed by atoms with van der Waals surface area (Å²) in [5.74, 6) is 0. The number of nitrogens with zero attached hydrogens (tertiary/aromatic N) is 2. The molecule has 1 saturated heterocycles. The fourth-order valence-electron chi connectivity index (χ4n) is 2.64. The van der Waals surface area contributed by atoms with Crippen LogP contribution in [0.25, 0.3) is 0 Å². The Morgan fingerprint density at radius 3 is 2.40 bits per heavy atom. The molecular formula is C19H28N2O4. The number of amides is 2. The fourth-order valence-corrected chi connectivity index (χ4v) is 2.64. The molecule has 1 atom stereocenters. The number of carbonyl (C=O) groups is 2. The maximum absolute atomic E-state index is 12.4. The van der Waals surface area contributed by atoms with Gasteiger partial charge < -0.3 is 19.3 Å². The van der Waals surface area contributed by atoms with Crippen molar-refractivity contribution in [2.75, 3.05) is 19.6 Å². The molecule has 0 aliphatic carbocycles. The van der Waals surface area contributed by atoms with Gasteiger partial charge in [0.05, 0.1) is 0 Å². The van der Waals surface area contributed by atoms with E-state index in [4.69, 9.17) is 9.47 Å². The maximum atomic E-state index is 12.4. The van der Waals surface area contributed by atoms with Crippen LogP contribution in [0.5, 0.6) is 0 Å². The molecule has 0 N–H and O–H groups in total. The first kappa shape index (κ1) is 19.1. The Balaban J connectivity index is 1.89. The first-order valence-electron chi connectivity index (χ1n) is 8.71. The van der Waals surface area contributed by atoms with Crippen LogP contribution in [0.2, 0.25) is 0 Å². The molecule has 0 spiro atoms. The summed E-state index contributed by atoms with van der Waals surface area (Å²) in [6.45, 7) is 9.21. The Bertz CT molecular complexity index is 583. The van der Waals surface area contributed by atoms with Gasteiger partial charge in [-0.3, -0.25) is 0 Å². The van der Waals surface area contributed by atoms with Gasteiger partial charge in [-0.25, -0.2) is 9.59 Å². The number of benzene rings is 1. The lowest BCUT2D eigenvalue weighted by Gasteiger charge is -2.26. The fraction of sp³-hybridized carbons (Fsp3) is 0.579. The second-order valence-corrected chi connectivity index (χ2v) is 7.34. The summed E-state index contributed by atoms with van der Waals surface area (Å²) < 4.78 is 10.8. The van der Waals surface area contributed by atoms with Crippen molar-refractivity contribution >= 4 is 12.2 Å². The molecule has 25 heavy (non-hydrogen) atoms. The number of ether oxygens (including phenoxy) is 2. The van der Waals surface area contributed by atoms with Crippen LogP contribution in [0.15, 0.2) is 30.3 Å². The van der Waals surface area contributed by atoms with Crippen molar-refractivity contribution in [1.82, 2.24) is 9.80 Å². The zero-order valence-corrected chi connectivity index (χ0v) is 15.5. The van der Waals surface area contributed by atoms with E-state index in [-0.39, 0.29) is 24.8 Å². The van der Waals surface area contributed by atoms with Gasteiger partial charge in [0, 0.05) is 25.7 Å². The minimum Gasteiger partial charge on any atom is -0.445 e. The predicted molar refractivity (Wildman–Crippen MR) is 95.2 cm³/mol. The van der Waals surface area contributed by atoms with E-state index in [1.54, 1.807) is 9.80 Å². The highest BCUT2D eigenvalue weighted by Gasteiger charge is 2.29. The molecule has 1 aliphatic rings. The largest absolute Gasteiger partial charge is 0.445 e. The van der Waals surface area contributed by atoms with Gasteiger partial charge in [0.2, 0.25) is 0 Å². The van der Waals surface area contributed by atoms with Crippen molar-refractivity contribution in [3.05, 3.63) is 35.9 Å². The molecule has 1 fully saturated rings. The molecule has 0 radical (unpaired) electrons. The van der Waals surface area contributed by atoms with E-state index in [0.29, 0.717) is 26.1 Å². The Morgan fingerprint density at radius 2 is 1.76 bits per heavy atom. The van der Waals surface area contributed by atoms with Crippen LogP contribution in [0.1, 0.15) is 39.7 Å². The average molecular weight is 348 g/mol. The summed E-state index contributed by atoms with van der Waals surface area (Å²) in [7, 11) is 0. The van der Waals surface area contributed by atoms with Crippen molar-refractivity contribution in [2.24, 2.45) is 0 Å². The van der Waals surface area contributed by atoms with Gasteiger partial charge in [0.25, 0.3) is 0 Å². The summed E-state index contributed by atoms with van der Waals surface area (Å²) in [6.07, 6.45) is 0.0150. The number of hydrogen-bond donors (Lipinski definition) is 0. The highest BCUT2D eigenvalue weighted by Crippen LogP contribution is 2.16. The Hall–Kier alpha value is -2.24. The van der Waals surface area contributed by atoms with E-state index in [9.17, 15) is 9.59 Å². The van der Waals surface area contributed by atoms with E-state index in [1.807, 2.05) is 58.0 Å². The molecule has 6 heteroatoms. The SMILES string of the molecule is C[C@@H]1CCN(C(=O)OC(C)(C)C)CCN1C(=O)OCc1ccccc1. The third-order valence-corrected chi connectivity index (χ3v) is 4.05. The van der Waals surface area contributed by atoms with Gasteiger partial charge >= 0.3 is 12.2 Å². The predicted octanol–water partition coefficient (Wildman–Crippen LogP) is 3.65. The quantitative estimate of drug-likeness (QED) is 0.818. The zero-order chi connectivity index (χ0) is 18.4. The molecular weight excluding hydrogens is 320 g/mol. The van der Waals surface area contributed by atoms with Crippen molar-refractivity contribution in [3.63, 3.8) is 0 Å². The molecule has 2 rings (SSSR count). The van der Waals surface area contributed by atoms with Gasteiger partial charge in [0.15, 0.2) is 0 Å². The first-order valence-corrected chi connectivity index (χ1v) is 8.71. The third-order valence-electron chi connectivity index (χ3n) is 4.05. The van der Waals surface area contributed by atoms with Crippen LogP contribution in [-0.2, 0) is 16.1 Å². The number of carbonyl (C=O) groups excluding carboxylic acids is 2. The molecule has 0 aromatic heterocycles. The highest BCUT2D eigenvalue weighted by atomic mass is 16.6. The normalized spacial score (nSPS) is 18.5. The second kappa shape index (κ2) is 8.23. The number of rotatable bonds is 2. The summed E-state index contributed by atoms with van der Waals surface area (Å²) in [5, 5.41) is 0. The molecule has 1 aliphatic heterocycles. The lowest BCUT2D eigenvalue weighted by molar-refractivity contribution is 0.0255. The lowest BCUT2D eigenvalue weighted by Crippen LogP contribution is -2.41. The highest BCUT2D eigenvalue weighted by molar-refractivity contribution is 5.70. The van der Waals surface area contributed by atoms with E-state index < -0.39 is 5.60 Å². The molecule has 0 bridgehead atoms. The van der Waals surface area contributed by atoms with E-state index in [0.717, 1.165) is 5.56 Å². The van der Waals surface area contributed by atoms with E-state index in [2.05, 4.69) is 0 Å². The van der Waals surface area contributed by atoms with E-state index in [1.165, 1.54) is 0 Å².